The number of aryl methyl sites for hydroxylation is 1. The molecule has 1 heteroatoms. The van der Waals surface area contributed by atoms with Crippen molar-refractivity contribution in [1.82, 2.24) is 0 Å². The van der Waals surface area contributed by atoms with Crippen molar-refractivity contribution < 1.29 is 0 Å². The van der Waals surface area contributed by atoms with Crippen LogP contribution in [0.2, 0.25) is 0 Å². The first-order valence-corrected chi connectivity index (χ1v) is 4.03. The predicted octanol–water partition coefficient (Wildman–Crippen LogP) is 2.39. The van der Waals surface area contributed by atoms with Gasteiger partial charge in [-0.2, -0.15) is 0 Å². The Balaban J connectivity index is 2.43. The first-order chi connectivity index (χ1) is 5.83. The summed E-state index contributed by atoms with van der Waals surface area (Å²) in [5.41, 5.74) is 2.37. The fraction of sp³-hybridized carbons (Fsp3) is 0.273. The molecule has 0 aliphatic heterocycles. The van der Waals surface area contributed by atoms with Crippen LogP contribution in [-0.2, 0) is 0 Å². The molecule has 1 aromatic carbocycles. The van der Waals surface area contributed by atoms with Crippen LogP contribution in [0.1, 0.15) is 12.0 Å². The highest BCUT2D eigenvalue weighted by molar-refractivity contribution is 5.44. The lowest BCUT2D eigenvalue weighted by Gasteiger charge is -2.03. The Hall–Kier alpha value is -1.42. The summed E-state index contributed by atoms with van der Waals surface area (Å²) < 4.78 is 0. The van der Waals surface area contributed by atoms with Crippen molar-refractivity contribution in [1.29, 1.82) is 0 Å². The first kappa shape index (κ1) is 8.67. The Morgan fingerprint density at radius 3 is 2.58 bits per heavy atom. The molecule has 0 amide bonds. The van der Waals surface area contributed by atoms with Crippen LogP contribution >= 0.6 is 0 Å². The van der Waals surface area contributed by atoms with Gasteiger partial charge in [0.1, 0.15) is 0 Å². The molecule has 1 aromatic rings. The van der Waals surface area contributed by atoms with Gasteiger partial charge in [-0.3, -0.25) is 0 Å². The van der Waals surface area contributed by atoms with E-state index in [1.165, 1.54) is 5.56 Å². The minimum Gasteiger partial charge on any atom is -0.384 e. The van der Waals surface area contributed by atoms with Crippen LogP contribution in [0.4, 0.5) is 5.69 Å². The molecular formula is C11H12N. The minimum atomic E-state index is 0.661. The summed E-state index contributed by atoms with van der Waals surface area (Å²) in [6, 6.07) is 8.21. The summed E-state index contributed by atoms with van der Waals surface area (Å²) in [6.07, 6.45) is 7.37. The van der Waals surface area contributed by atoms with E-state index >= 15 is 0 Å². The number of hydrogen-bond donors (Lipinski definition) is 1. The normalized spacial score (nSPS) is 9.00. The summed E-state index contributed by atoms with van der Waals surface area (Å²) in [7, 11) is 0. The topological polar surface area (TPSA) is 12.0 Å². The van der Waals surface area contributed by atoms with Gasteiger partial charge in [-0.15, -0.1) is 0 Å². The summed E-state index contributed by atoms with van der Waals surface area (Å²) >= 11 is 0. The highest BCUT2D eigenvalue weighted by Crippen LogP contribution is 2.07. The van der Waals surface area contributed by atoms with Gasteiger partial charge >= 0.3 is 0 Å². The maximum absolute atomic E-state index is 6.71. The SMILES string of the molecule is [C]#CCCNc1ccc(C)cc1. The maximum Gasteiger partial charge on any atom is 0.0340 e. The van der Waals surface area contributed by atoms with Crippen molar-refractivity contribution in [3.05, 3.63) is 36.3 Å². The van der Waals surface area contributed by atoms with E-state index in [-0.39, 0.29) is 0 Å². The molecule has 0 heterocycles. The Morgan fingerprint density at radius 1 is 1.33 bits per heavy atom. The van der Waals surface area contributed by atoms with E-state index < -0.39 is 0 Å². The third-order valence-corrected chi connectivity index (χ3v) is 1.63. The molecule has 0 aliphatic carbocycles. The van der Waals surface area contributed by atoms with E-state index in [9.17, 15) is 0 Å². The van der Waals surface area contributed by atoms with Gasteiger partial charge in [0, 0.05) is 18.7 Å². The van der Waals surface area contributed by atoms with Gasteiger partial charge in [0.2, 0.25) is 0 Å². The molecule has 1 rings (SSSR count). The lowest BCUT2D eigenvalue weighted by atomic mass is 10.2. The lowest BCUT2D eigenvalue weighted by Crippen LogP contribution is -1.99. The lowest BCUT2D eigenvalue weighted by molar-refractivity contribution is 1.10. The molecule has 0 aromatic heterocycles. The molecule has 61 valence electrons. The van der Waals surface area contributed by atoms with Crippen molar-refractivity contribution in [2.75, 3.05) is 11.9 Å². The van der Waals surface area contributed by atoms with Crippen LogP contribution in [0, 0.1) is 19.3 Å². The van der Waals surface area contributed by atoms with Crippen molar-refractivity contribution in [2.24, 2.45) is 0 Å². The average Bonchev–Trinajstić information content (AvgIpc) is 2.09. The van der Waals surface area contributed by atoms with Crippen molar-refractivity contribution >= 4 is 5.69 Å². The Labute approximate surface area is 73.8 Å². The van der Waals surface area contributed by atoms with Gasteiger partial charge < -0.3 is 5.32 Å². The van der Waals surface area contributed by atoms with Crippen molar-refractivity contribution in [3.63, 3.8) is 0 Å². The van der Waals surface area contributed by atoms with E-state index in [2.05, 4.69) is 30.3 Å². The molecule has 1 nitrogen and oxygen atoms in total. The number of benzene rings is 1. The molecule has 0 fully saturated rings. The van der Waals surface area contributed by atoms with Crippen LogP contribution < -0.4 is 5.32 Å². The number of nitrogens with one attached hydrogen (secondary N) is 1. The third kappa shape index (κ3) is 2.67. The third-order valence-electron chi connectivity index (χ3n) is 1.63. The number of hydrogen-bond acceptors (Lipinski definition) is 1. The molecule has 12 heavy (non-hydrogen) atoms. The molecule has 0 bridgehead atoms. The first-order valence-electron chi connectivity index (χ1n) is 4.03. The van der Waals surface area contributed by atoms with Gasteiger partial charge in [-0.05, 0) is 25.5 Å². The van der Waals surface area contributed by atoms with Gasteiger partial charge in [-0.1, -0.05) is 23.6 Å². The zero-order valence-corrected chi connectivity index (χ0v) is 7.22. The second kappa shape index (κ2) is 4.46. The summed E-state index contributed by atoms with van der Waals surface area (Å²) in [4.78, 5) is 0. The maximum atomic E-state index is 6.71. The second-order valence-corrected chi connectivity index (χ2v) is 2.72. The molecular weight excluding hydrogens is 146 g/mol. The monoisotopic (exact) mass is 158 g/mol. The molecule has 0 atom stereocenters. The quantitative estimate of drug-likeness (QED) is 0.526. The second-order valence-electron chi connectivity index (χ2n) is 2.72. The molecule has 1 N–H and O–H groups in total. The van der Waals surface area contributed by atoms with Gasteiger partial charge in [0.25, 0.3) is 0 Å². The molecule has 0 spiro atoms. The highest BCUT2D eigenvalue weighted by Gasteiger charge is 1.88. The van der Waals surface area contributed by atoms with Crippen LogP contribution in [0.15, 0.2) is 24.3 Å². The number of anilines is 1. The Kier molecular flexibility index (Phi) is 3.22. The van der Waals surface area contributed by atoms with Gasteiger partial charge in [0.05, 0.1) is 0 Å². The molecule has 0 saturated carbocycles. The molecule has 0 saturated heterocycles. The Bertz CT molecular complexity index is 266. The fourth-order valence-corrected chi connectivity index (χ4v) is 0.941. The largest absolute Gasteiger partial charge is 0.384 e. The summed E-state index contributed by atoms with van der Waals surface area (Å²) in [5.74, 6) is 2.34. The molecule has 1 radical (unpaired) electrons. The molecule has 0 aliphatic rings. The highest BCUT2D eigenvalue weighted by atomic mass is 14.9. The van der Waals surface area contributed by atoms with Crippen LogP contribution in [0.5, 0.6) is 0 Å². The van der Waals surface area contributed by atoms with E-state index in [1.54, 1.807) is 0 Å². The fourth-order valence-electron chi connectivity index (χ4n) is 0.941. The van der Waals surface area contributed by atoms with E-state index in [0.717, 1.165) is 12.2 Å². The average molecular weight is 158 g/mol. The standard InChI is InChI=1S/C11H12N/c1-3-4-9-12-11-7-5-10(2)6-8-11/h5-8,12H,4,9H2,2H3. The zero-order valence-electron chi connectivity index (χ0n) is 7.22. The molecule has 0 unspecified atom stereocenters. The van der Waals surface area contributed by atoms with E-state index in [1.807, 2.05) is 12.1 Å². The predicted molar refractivity (Wildman–Crippen MR) is 51.4 cm³/mol. The van der Waals surface area contributed by atoms with Crippen LogP contribution in [0.3, 0.4) is 0 Å². The van der Waals surface area contributed by atoms with E-state index in [4.69, 9.17) is 6.42 Å². The van der Waals surface area contributed by atoms with Crippen LogP contribution in [-0.4, -0.2) is 6.54 Å². The minimum absolute atomic E-state index is 0.661. The van der Waals surface area contributed by atoms with Gasteiger partial charge in [0.15, 0.2) is 0 Å². The summed E-state index contributed by atoms with van der Waals surface area (Å²) in [5, 5.41) is 3.19. The van der Waals surface area contributed by atoms with Crippen LogP contribution in [0.25, 0.3) is 0 Å². The van der Waals surface area contributed by atoms with Gasteiger partial charge in [-0.25, -0.2) is 0 Å². The number of rotatable bonds is 3. The smallest absolute Gasteiger partial charge is 0.0340 e. The van der Waals surface area contributed by atoms with E-state index in [0.29, 0.717) is 6.42 Å². The zero-order chi connectivity index (χ0) is 8.81. The van der Waals surface area contributed by atoms with Crippen molar-refractivity contribution in [2.45, 2.75) is 13.3 Å². The van der Waals surface area contributed by atoms with Crippen molar-refractivity contribution in [3.8, 4) is 5.92 Å². The Morgan fingerprint density at radius 2 is 2.00 bits per heavy atom. The summed E-state index contributed by atoms with van der Waals surface area (Å²) in [6.45, 7) is 2.85.